The van der Waals surface area contributed by atoms with E-state index in [9.17, 15) is 18.0 Å². The first kappa shape index (κ1) is 20.8. The van der Waals surface area contributed by atoms with Gasteiger partial charge in [0.15, 0.2) is 15.6 Å². The number of Topliss-reactive ketones (excluding diaryl/α,β-unsaturated/α-hetero) is 1. The minimum atomic E-state index is -3.34. The molecule has 1 aliphatic heterocycles. The molecule has 4 rings (SSSR count). The number of nitrogens with one attached hydrogen (secondary N) is 1. The topological polar surface area (TPSA) is 92.2 Å². The van der Waals surface area contributed by atoms with Crippen LogP contribution in [-0.4, -0.2) is 54.5 Å². The highest BCUT2D eigenvalue weighted by Crippen LogP contribution is 2.26. The third kappa shape index (κ3) is 4.21. The highest BCUT2D eigenvalue weighted by Gasteiger charge is 2.25. The van der Waals surface area contributed by atoms with Gasteiger partial charge in [-0.25, -0.2) is 13.2 Å². The lowest BCUT2D eigenvalue weighted by atomic mass is 10.0. The van der Waals surface area contributed by atoms with Crippen molar-refractivity contribution in [3.05, 3.63) is 63.5 Å². The minimum Gasteiger partial charge on any atom is -0.305 e. The molecule has 2 heterocycles. The summed E-state index contributed by atoms with van der Waals surface area (Å²) in [5.74, 6) is 0.0442. The van der Waals surface area contributed by atoms with E-state index in [1.165, 1.54) is 12.1 Å². The van der Waals surface area contributed by atoms with Crippen molar-refractivity contribution in [3.63, 3.8) is 0 Å². The van der Waals surface area contributed by atoms with Crippen LogP contribution in [0.1, 0.15) is 29.2 Å². The Kier molecular flexibility index (Phi) is 5.57. The summed E-state index contributed by atoms with van der Waals surface area (Å²) in [6.07, 6.45) is 2.60. The van der Waals surface area contributed by atoms with Gasteiger partial charge >= 0.3 is 5.69 Å². The normalized spacial score (nSPS) is 16.2. The predicted molar refractivity (Wildman–Crippen MR) is 116 cm³/mol. The second-order valence-electron chi connectivity index (χ2n) is 7.69. The molecule has 1 aromatic heterocycles. The molecule has 0 amide bonds. The fourth-order valence-electron chi connectivity index (χ4n) is 3.97. The molecular weight excluding hydrogens is 426 g/mol. The van der Waals surface area contributed by atoms with Gasteiger partial charge in [0, 0.05) is 36.0 Å². The van der Waals surface area contributed by atoms with E-state index in [1.54, 1.807) is 34.9 Å². The van der Waals surface area contributed by atoms with E-state index >= 15 is 0 Å². The van der Waals surface area contributed by atoms with Crippen molar-refractivity contribution < 1.29 is 13.2 Å². The molecule has 0 spiro atoms. The summed E-state index contributed by atoms with van der Waals surface area (Å²) in [5.41, 5.74) is 1.61. The molecule has 2 aromatic carbocycles. The van der Waals surface area contributed by atoms with Crippen LogP contribution < -0.4 is 5.69 Å². The average molecular weight is 448 g/mol. The molecule has 0 unspecified atom stereocenters. The molecule has 0 bridgehead atoms. The monoisotopic (exact) mass is 447 g/mol. The summed E-state index contributed by atoms with van der Waals surface area (Å²) >= 11 is 5.88. The summed E-state index contributed by atoms with van der Waals surface area (Å²) in [4.78, 5) is 30.1. The fraction of sp³-hybridized carbons (Fsp3) is 0.333. The molecule has 1 saturated heterocycles. The quantitative estimate of drug-likeness (QED) is 0.607. The van der Waals surface area contributed by atoms with E-state index in [1.807, 2.05) is 0 Å². The zero-order valence-electron chi connectivity index (χ0n) is 16.5. The van der Waals surface area contributed by atoms with Gasteiger partial charge in [0.05, 0.1) is 22.5 Å². The van der Waals surface area contributed by atoms with E-state index in [0.29, 0.717) is 41.3 Å². The van der Waals surface area contributed by atoms with Crippen molar-refractivity contribution >= 4 is 38.3 Å². The first-order chi connectivity index (χ1) is 14.2. The Morgan fingerprint density at radius 2 is 1.80 bits per heavy atom. The van der Waals surface area contributed by atoms with Crippen LogP contribution in [0.5, 0.6) is 0 Å². The van der Waals surface area contributed by atoms with Gasteiger partial charge in [-0.2, -0.15) is 0 Å². The lowest BCUT2D eigenvalue weighted by Gasteiger charge is -2.32. The summed E-state index contributed by atoms with van der Waals surface area (Å²) in [7, 11) is -3.34. The van der Waals surface area contributed by atoms with Crippen LogP contribution in [-0.2, 0) is 9.84 Å². The first-order valence-corrected chi connectivity index (χ1v) is 11.9. The average Bonchev–Trinajstić information content (AvgIpc) is 3.03. The second-order valence-corrected chi connectivity index (χ2v) is 10.1. The van der Waals surface area contributed by atoms with Crippen molar-refractivity contribution in [3.8, 4) is 0 Å². The molecule has 0 atom stereocenters. The molecule has 30 heavy (non-hydrogen) atoms. The number of aromatic nitrogens is 2. The Labute approximate surface area is 179 Å². The number of H-pyrrole nitrogens is 1. The fourth-order valence-corrected chi connectivity index (χ4v) is 4.74. The molecule has 3 aromatic rings. The van der Waals surface area contributed by atoms with Gasteiger partial charge in [0.2, 0.25) is 0 Å². The Hall–Kier alpha value is -2.42. The number of carbonyl (C=O) groups is 1. The maximum atomic E-state index is 12.6. The van der Waals surface area contributed by atoms with Crippen molar-refractivity contribution in [1.29, 1.82) is 0 Å². The van der Waals surface area contributed by atoms with Crippen LogP contribution in [0.25, 0.3) is 11.0 Å². The zero-order chi connectivity index (χ0) is 21.5. The van der Waals surface area contributed by atoms with Gasteiger partial charge < -0.3 is 4.98 Å². The predicted octanol–water partition coefficient (Wildman–Crippen LogP) is 2.91. The lowest BCUT2D eigenvalue weighted by Crippen LogP contribution is -2.39. The smallest absolute Gasteiger partial charge is 0.305 e. The summed E-state index contributed by atoms with van der Waals surface area (Å²) < 4.78 is 25.3. The van der Waals surface area contributed by atoms with Gasteiger partial charge in [-0.1, -0.05) is 11.6 Å². The number of hydrogen-bond acceptors (Lipinski definition) is 5. The van der Waals surface area contributed by atoms with Gasteiger partial charge in [0.1, 0.15) is 0 Å². The summed E-state index contributed by atoms with van der Waals surface area (Å²) in [5, 5.41) is 0.597. The number of nitrogens with zero attached hydrogens (tertiary/aromatic N) is 2. The number of halogens is 1. The molecule has 0 aliphatic carbocycles. The number of imidazole rings is 1. The van der Waals surface area contributed by atoms with E-state index in [-0.39, 0.29) is 22.4 Å². The van der Waals surface area contributed by atoms with Crippen LogP contribution in [0.2, 0.25) is 5.02 Å². The van der Waals surface area contributed by atoms with Crippen molar-refractivity contribution in [2.45, 2.75) is 23.8 Å². The Morgan fingerprint density at radius 1 is 1.13 bits per heavy atom. The summed E-state index contributed by atoms with van der Waals surface area (Å²) in [6, 6.07) is 11.6. The molecule has 1 N–H and O–H groups in total. The van der Waals surface area contributed by atoms with Crippen LogP contribution in [0.15, 0.2) is 52.2 Å². The molecule has 7 nitrogen and oxygen atoms in total. The Morgan fingerprint density at radius 3 is 2.43 bits per heavy atom. The highest BCUT2D eigenvalue weighted by molar-refractivity contribution is 7.90. The highest BCUT2D eigenvalue weighted by atomic mass is 35.5. The van der Waals surface area contributed by atoms with Crippen LogP contribution in [0, 0.1) is 0 Å². The SMILES string of the molecule is CS(=O)(=O)c1ccc2c(c1)[nH]c(=O)n2C1CCN(CC(=O)c2ccc(Cl)cc2)CC1. The molecule has 1 fully saturated rings. The number of carbonyl (C=O) groups excluding carboxylic acids is 1. The molecule has 0 saturated carbocycles. The number of rotatable bonds is 5. The largest absolute Gasteiger partial charge is 0.326 e. The van der Waals surface area contributed by atoms with Crippen LogP contribution in [0.4, 0.5) is 0 Å². The maximum absolute atomic E-state index is 12.6. The molecule has 1 aliphatic rings. The number of benzene rings is 2. The number of piperidine rings is 1. The van der Waals surface area contributed by atoms with E-state index < -0.39 is 9.84 Å². The van der Waals surface area contributed by atoms with Crippen molar-refractivity contribution in [2.24, 2.45) is 0 Å². The Balaban J connectivity index is 1.47. The zero-order valence-corrected chi connectivity index (χ0v) is 18.0. The number of ketones is 1. The number of hydrogen-bond donors (Lipinski definition) is 1. The van der Waals surface area contributed by atoms with Gasteiger partial charge in [-0.15, -0.1) is 0 Å². The molecule has 9 heteroatoms. The van der Waals surface area contributed by atoms with Gasteiger partial charge in [-0.05, 0) is 55.3 Å². The minimum absolute atomic E-state index is 0.00258. The molecular formula is C21H22ClN3O4S. The van der Waals surface area contributed by atoms with Crippen LogP contribution >= 0.6 is 11.6 Å². The van der Waals surface area contributed by atoms with Crippen LogP contribution in [0.3, 0.4) is 0 Å². The van der Waals surface area contributed by atoms with E-state index in [4.69, 9.17) is 11.6 Å². The number of aromatic amines is 1. The lowest BCUT2D eigenvalue weighted by molar-refractivity contribution is 0.0898. The first-order valence-electron chi connectivity index (χ1n) is 9.68. The summed E-state index contributed by atoms with van der Waals surface area (Å²) in [6.45, 7) is 1.73. The number of likely N-dealkylation sites (tertiary alicyclic amines) is 1. The second kappa shape index (κ2) is 8.02. The van der Waals surface area contributed by atoms with Gasteiger partial charge in [-0.3, -0.25) is 14.3 Å². The van der Waals surface area contributed by atoms with E-state index in [0.717, 1.165) is 19.1 Å². The third-order valence-electron chi connectivity index (χ3n) is 5.57. The molecule has 158 valence electrons. The number of fused-ring (bicyclic) bond motifs is 1. The maximum Gasteiger partial charge on any atom is 0.326 e. The number of sulfone groups is 1. The standard InChI is InChI=1S/C21H22ClN3O4S/c1-30(28,29)17-6-7-19-18(12-17)23-21(27)25(19)16-8-10-24(11-9-16)13-20(26)14-2-4-15(22)5-3-14/h2-7,12,16H,8-11,13H2,1H3,(H,23,27). The van der Waals surface area contributed by atoms with Crippen molar-refractivity contribution in [2.75, 3.05) is 25.9 Å². The van der Waals surface area contributed by atoms with Crippen molar-refractivity contribution in [1.82, 2.24) is 14.5 Å². The third-order valence-corrected chi connectivity index (χ3v) is 6.93. The Bertz CT molecular complexity index is 1250. The van der Waals surface area contributed by atoms with Gasteiger partial charge in [0.25, 0.3) is 0 Å². The van der Waals surface area contributed by atoms with E-state index in [2.05, 4.69) is 9.88 Å². The molecule has 0 radical (unpaired) electrons.